The van der Waals surface area contributed by atoms with Crippen LogP contribution in [-0.2, 0) is 0 Å². The van der Waals surface area contributed by atoms with Crippen molar-refractivity contribution < 1.29 is 4.42 Å². The second kappa shape index (κ2) is 14.3. The lowest BCUT2D eigenvalue weighted by Crippen LogP contribution is -1.98. The minimum Gasteiger partial charge on any atom is -0.454 e. The summed E-state index contributed by atoms with van der Waals surface area (Å²) >= 11 is 3.74. The summed E-state index contributed by atoms with van der Waals surface area (Å²) in [6, 6.07) is 82.7. The molecule has 0 atom stereocenters. The van der Waals surface area contributed by atoms with E-state index in [1.165, 1.54) is 111 Å². The number of benzene rings is 11. The molecule has 0 bridgehead atoms. The Hall–Kier alpha value is -8.94. The Morgan fingerprint density at radius 1 is 0.278 bits per heavy atom. The zero-order valence-electron chi connectivity index (χ0n) is 38.4. The third-order valence-electron chi connectivity index (χ3n) is 15.4. The van der Waals surface area contributed by atoms with Crippen molar-refractivity contribution in [3.05, 3.63) is 224 Å². The van der Waals surface area contributed by atoms with Crippen molar-refractivity contribution in [3.63, 3.8) is 0 Å². The maximum absolute atomic E-state index is 6.93. The molecule has 0 aliphatic heterocycles. The fourth-order valence-electron chi connectivity index (χ4n) is 12.4. The van der Waals surface area contributed by atoms with Crippen LogP contribution in [-0.4, -0.2) is 13.7 Å². The molecular formula is C66H37N3OS2. The van der Waals surface area contributed by atoms with Crippen molar-refractivity contribution in [2.75, 3.05) is 0 Å². The van der Waals surface area contributed by atoms with Gasteiger partial charge in [0.15, 0.2) is 5.58 Å². The van der Waals surface area contributed by atoms with Gasteiger partial charge in [0, 0.05) is 94.8 Å². The smallest absolute Gasteiger partial charge is 0.159 e. The number of nitrogens with zero attached hydrogens (tertiary/aromatic N) is 3. The van der Waals surface area contributed by atoms with Gasteiger partial charge >= 0.3 is 0 Å². The molecule has 0 aliphatic rings. The first-order chi connectivity index (χ1) is 35.7. The number of aromatic nitrogens is 3. The highest BCUT2D eigenvalue weighted by molar-refractivity contribution is 7.26. The van der Waals surface area contributed by atoms with E-state index in [0.29, 0.717) is 0 Å². The average molecular weight is 952 g/mol. The van der Waals surface area contributed by atoms with E-state index in [4.69, 9.17) is 4.42 Å². The molecule has 17 rings (SSSR count). The molecule has 334 valence electrons. The Balaban J connectivity index is 0.830. The van der Waals surface area contributed by atoms with Crippen LogP contribution in [0.1, 0.15) is 0 Å². The molecule has 17 aromatic rings. The molecule has 0 amide bonds. The van der Waals surface area contributed by atoms with E-state index in [2.05, 4.69) is 238 Å². The van der Waals surface area contributed by atoms with Crippen LogP contribution in [0.5, 0.6) is 0 Å². The summed E-state index contributed by atoms with van der Waals surface area (Å²) in [4.78, 5) is 0. The molecule has 0 fully saturated rings. The van der Waals surface area contributed by atoms with Crippen LogP contribution in [0.3, 0.4) is 0 Å². The summed E-state index contributed by atoms with van der Waals surface area (Å²) < 4.78 is 19.4. The molecule has 72 heavy (non-hydrogen) atoms. The Bertz CT molecular complexity index is 5130. The minimum absolute atomic E-state index is 0.881. The molecule has 6 heterocycles. The monoisotopic (exact) mass is 951 g/mol. The molecule has 0 radical (unpaired) electrons. The molecular weight excluding hydrogens is 915 g/mol. The summed E-state index contributed by atoms with van der Waals surface area (Å²) in [6.07, 6.45) is 0. The Morgan fingerprint density at radius 2 is 0.750 bits per heavy atom. The van der Waals surface area contributed by atoms with Crippen molar-refractivity contribution >= 4 is 150 Å². The van der Waals surface area contributed by atoms with Crippen molar-refractivity contribution in [3.8, 4) is 28.2 Å². The van der Waals surface area contributed by atoms with Crippen molar-refractivity contribution in [1.29, 1.82) is 0 Å². The van der Waals surface area contributed by atoms with E-state index < -0.39 is 0 Å². The maximum atomic E-state index is 6.93. The number of thiophene rings is 2. The molecule has 6 aromatic heterocycles. The second-order valence-electron chi connectivity index (χ2n) is 19.1. The minimum atomic E-state index is 0.881. The van der Waals surface area contributed by atoms with Crippen molar-refractivity contribution in [2.45, 2.75) is 0 Å². The van der Waals surface area contributed by atoms with Gasteiger partial charge in [0.25, 0.3) is 0 Å². The highest BCUT2D eigenvalue weighted by Gasteiger charge is 2.23. The predicted octanol–water partition coefficient (Wildman–Crippen LogP) is 19.3. The number of para-hydroxylation sites is 5. The zero-order valence-corrected chi connectivity index (χ0v) is 40.1. The van der Waals surface area contributed by atoms with Gasteiger partial charge in [0.05, 0.1) is 38.8 Å². The second-order valence-corrected chi connectivity index (χ2v) is 21.3. The summed E-state index contributed by atoms with van der Waals surface area (Å²) in [5.41, 5.74) is 14.6. The van der Waals surface area contributed by atoms with Crippen LogP contribution in [0.15, 0.2) is 229 Å². The Labute approximate surface area is 418 Å². The molecule has 0 saturated heterocycles. The fourth-order valence-corrected chi connectivity index (χ4v) is 14.6. The van der Waals surface area contributed by atoms with Gasteiger partial charge in [-0.3, -0.25) is 0 Å². The summed E-state index contributed by atoms with van der Waals surface area (Å²) in [5.74, 6) is 0. The third kappa shape index (κ3) is 5.19. The van der Waals surface area contributed by atoms with Crippen LogP contribution < -0.4 is 0 Å². The number of rotatable bonds is 4. The number of hydrogen-bond donors (Lipinski definition) is 0. The predicted molar refractivity (Wildman–Crippen MR) is 308 cm³/mol. The highest BCUT2D eigenvalue weighted by atomic mass is 32.1. The molecule has 0 spiro atoms. The lowest BCUT2D eigenvalue weighted by Gasteiger charge is -2.12. The molecule has 0 N–H and O–H groups in total. The Kier molecular flexibility index (Phi) is 7.73. The van der Waals surface area contributed by atoms with E-state index >= 15 is 0 Å². The van der Waals surface area contributed by atoms with E-state index in [9.17, 15) is 0 Å². The molecule has 0 saturated carbocycles. The highest BCUT2D eigenvalue weighted by Crippen LogP contribution is 2.47. The number of fused-ring (bicyclic) bond motifs is 20. The van der Waals surface area contributed by atoms with Gasteiger partial charge in [0.1, 0.15) is 5.58 Å². The fraction of sp³-hybridized carbons (Fsp3) is 0. The van der Waals surface area contributed by atoms with E-state index in [1.807, 2.05) is 22.7 Å². The average Bonchev–Trinajstić information content (AvgIpc) is 4.29. The summed E-state index contributed by atoms with van der Waals surface area (Å²) in [6.45, 7) is 0. The van der Waals surface area contributed by atoms with Crippen molar-refractivity contribution in [1.82, 2.24) is 13.7 Å². The quantitative estimate of drug-likeness (QED) is 0.173. The first kappa shape index (κ1) is 38.9. The normalized spacial score (nSPS) is 12.4. The number of hydrogen-bond acceptors (Lipinski definition) is 3. The molecule has 11 aromatic carbocycles. The van der Waals surface area contributed by atoms with Gasteiger partial charge in [-0.1, -0.05) is 121 Å². The van der Waals surface area contributed by atoms with Gasteiger partial charge in [0.2, 0.25) is 0 Å². The first-order valence-corrected chi connectivity index (χ1v) is 26.1. The molecule has 0 unspecified atom stereocenters. The third-order valence-corrected chi connectivity index (χ3v) is 17.7. The first-order valence-electron chi connectivity index (χ1n) is 24.5. The van der Waals surface area contributed by atoms with Gasteiger partial charge in [-0.15, -0.1) is 22.7 Å². The SMILES string of the molecule is c1cc(-n2c3ccccc3c3ccccc32)cc(-n2c3ccccc3c3c4c(ccc32)sc2ccc(-c3ccc5oc6c(-n7c8ccccc8c8c9c(ccc87)sc7ccccc79)cccc6c5c3)cc24)c1. The number of furan rings is 1. The zero-order chi connectivity index (χ0) is 46.8. The van der Waals surface area contributed by atoms with Crippen LogP contribution >= 0.6 is 22.7 Å². The van der Waals surface area contributed by atoms with E-state index in [1.54, 1.807) is 0 Å². The molecule has 6 heteroatoms. The summed E-state index contributed by atoms with van der Waals surface area (Å²) in [5, 5.41) is 15.0. The largest absolute Gasteiger partial charge is 0.454 e. The van der Waals surface area contributed by atoms with Crippen LogP contribution in [0, 0.1) is 0 Å². The molecule has 0 aliphatic carbocycles. The van der Waals surface area contributed by atoms with Crippen LogP contribution in [0.25, 0.3) is 156 Å². The van der Waals surface area contributed by atoms with Crippen molar-refractivity contribution in [2.24, 2.45) is 0 Å². The van der Waals surface area contributed by atoms with Gasteiger partial charge in [-0.25, -0.2) is 0 Å². The van der Waals surface area contributed by atoms with Gasteiger partial charge < -0.3 is 18.1 Å². The lowest BCUT2D eigenvalue weighted by atomic mass is 9.99. The van der Waals surface area contributed by atoms with E-state index in [-0.39, 0.29) is 0 Å². The van der Waals surface area contributed by atoms with E-state index in [0.717, 1.165) is 44.6 Å². The standard InChI is InChI=1S/C66H37N3OS2/c1-6-21-50-42(15-1)43-16-2-7-22-51(43)67(50)40-13-11-14-41(37-40)68-52-23-8-3-17-45(52)62-54(68)29-33-61-65(62)49-36-39(28-32-59(49)72-61)38-27-31-57-48(35-38)44-20-12-25-56(66(44)70-57)69-53-24-9-4-18-46(53)63-55(69)30-34-60-64(63)47-19-5-10-26-58(47)71-60/h1-37H. The summed E-state index contributed by atoms with van der Waals surface area (Å²) in [7, 11) is 0. The van der Waals surface area contributed by atoms with Crippen LogP contribution in [0.2, 0.25) is 0 Å². The van der Waals surface area contributed by atoms with Gasteiger partial charge in [-0.05, 0) is 114 Å². The van der Waals surface area contributed by atoms with Gasteiger partial charge in [-0.2, -0.15) is 0 Å². The topological polar surface area (TPSA) is 27.9 Å². The maximum Gasteiger partial charge on any atom is 0.159 e. The lowest BCUT2D eigenvalue weighted by molar-refractivity contribution is 0.666. The van der Waals surface area contributed by atoms with Crippen LogP contribution in [0.4, 0.5) is 0 Å². The Morgan fingerprint density at radius 3 is 1.43 bits per heavy atom. The molecule has 4 nitrogen and oxygen atoms in total.